The van der Waals surface area contributed by atoms with Gasteiger partial charge in [0, 0.05) is 0 Å². The van der Waals surface area contributed by atoms with E-state index in [1.54, 1.807) is 0 Å². The lowest BCUT2D eigenvalue weighted by Crippen LogP contribution is -2.17. The SMILES string of the molecule is CC(C)OCCOC(=O)CC1(CS)CC1. The molecule has 0 radical (unpaired) electrons. The number of rotatable bonds is 7. The molecule has 0 amide bonds. The van der Waals surface area contributed by atoms with Gasteiger partial charge in [-0.05, 0) is 37.9 Å². The van der Waals surface area contributed by atoms with Crippen LogP contribution in [0.25, 0.3) is 0 Å². The van der Waals surface area contributed by atoms with Crippen LogP contribution < -0.4 is 0 Å². The van der Waals surface area contributed by atoms with Crippen LogP contribution in [0.3, 0.4) is 0 Å². The van der Waals surface area contributed by atoms with Gasteiger partial charge in [-0.1, -0.05) is 0 Å². The molecule has 0 aromatic heterocycles. The van der Waals surface area contributed by atoms with Gasteiger partial charge in [0.15, 0.2) is 0 Å². The summed E-state index contributed by atoms with van der Waals surface area (Å²) >= 11 is 4.24. The molecule has 1 rings (SSSR count). The summed E-state index contributed by atoms with van der Waals surface area (Å²) in [4.78, 5) is 11.4. The van der Waals surface area contributed by atoms with Gasteiger partial charge in [-0.25, -0.2) is 0 Å². The van der Waals surface area contributed by atoms with Crippen LogP contribution in [0.15, 0.2) is 0 Å². The Kier molecular flexibility index (Phi) is 4.93. The molecule has 0 unspecified atom stereocenters. The van der Waals surface area contributed by atoms with E-state index in [9.17, 15) is 4.79 Å². The minimum absolute atomic E-state index is 0.117. The molecule has 0 aromatic rings. The van der Waals surface area contributed by atoms with Crippen molar-refractivity contribution in [2.24, 2.45) is 5.41 Å². The summed E-state index contributed by atoms with van der Waals surface area (Å²) in [5, 5.41) is 0. The van der Waals surface area contributed by atoms with Crippen molar-refractivity contribution in [2.75, 3.05) is 19.0 Å². The zero-order valence-electron chi connectivity index (χ0n) is 9.49. The lowest BCUT2D eigenvalue weighted by atomic mass is 10.1. The molecule has 0 spiro atoms. The van der Waals surface area contributed by atoms with Crippen LogP contribution in [0.2, 0.25) is 0 Å². The number of hydrogen-bond acceptors (Lipinski definition) is 4. The molecule has 0 saturated heterocycles. The molecule has 3 nitrogen and oxygen atoms in total. The highest BCUT2D eigenvalue weighted by atomic mass is 32.1. The first-order chi connectivity index (χ1) is 7.08. The molecule has 1 aliphatic carbocycles. The molecule has 0 atom stereocenters. The van der Waals surface area contributed by atoms with Gasteiger partial charge in [0.05, 0.1) is 19.1 Å². The van der Waals surface area contributed by atoms with Gasteiger partial charge in [0.2, 0.25) is 0 Å². The van der Waals surface area contributed by atoms with Gasteiger partial charge >= 0.3 is 5.97 Å². The van der Waals surface area contributed by atoms with Crippen LogP contribution in [0.1, 0.15) is 33.1 Å². The lowest BCUT2D eigenvalue weighted by Gasteiger charge is -2.12. The Hall–Kier alpha value is -0.220. The maximum atomic E-state index is 11.4. The van der Waals surface area contributed by atoms with E-state index in [2.05, 4.69) is 12.6 Å². The Morgan fingerprint density at radius 2 is 2.07 bits per heavy atom. The Morgan fingerprint density at radius 3 is 2.53 bits per heavy atom. The molecule has 1 saturated carbocycles. The number of hydrogen-bond donors (Lipinski definition) is 1. The first kappa shape index (κ1) is 12.8. The van der Waals surface area contributed by atoms with Crippen molar-refractivity contribution in [3.8, 4) is 0 Å². The predicted molar refractivity (Wildman–Crippen MR) is 62.2 cm³/mol. The highest BCUT2D eigenvalue weighted by molar-refractivity contribution is 7.80. The maximum Gasteiger partial charge on any atom is 0.306 e. The minimum Gasteiger partial charge on any atom is -0.463 e. The number of esters is 1. The highest BCUT2D eigenvalue weighted by Crippen LogP contribution is 2.49. The van der Waals surface area contributed by atoms with Crippen LogP contribution in [-0.2, 0) is 14.3 Å². The average molecular weight is 232 g/mol. The van der Waals surface area contributed by atoms with Crippen LogP contribution in [-0.4, -0.2) is 31.0 Å². The Morgan fingerprint density at radius 1 is 1.40 bits per heavy atom. The maximum absolute atomic E-state index is 11.4. The largest absolute Gasteiger partial charge is 0.463 e. The van der Waals surface area contributed by atoms with Crippen LogP contribution in [0.4, 0.5) is 0 Å². The highest BCUT2D eigenvalue weighted by Gasteiger charge is 2.43. The predicted octanol–water partition coefficient (Wildman–Crippen LogP) is 2.05. The molecule has 15 heavy (non-hydrogen) atoms. The summed E-state index contributed by atoms with van der Waals surface area (Å²) in [5.41, 5.74) is 0.152. The molecular formula is C11H20O3S. The fourth-order valence-corrected chi connectivity index (χ4v) is 1.79. The third-order valence-electron chi connectivity index (χ3n) is 2.61. The normalized spacial score (nSPS) is 17.9. The zero-order chi connectivity index (χ0) is 11.3. The van der Waals surface area contributed by atoms with Gasteiger partial charge in [-0.3, -0.25) is 4.79 Å². The van der Waals surface area contributed by atoms with E-state index in [0.717, 1.165) is 18.6 Å². The van der Waals surface area contributed by atoms with Gasteiger partial charge in [-0.15, -0.1) is 0 Å². The van der Waals surface area contributed by atoms with E-state index in [-0.39, 0.29) is 17.5 Å². The summed E-state index contributed by atoms with van der Waals surface area (Å²) in [5.74, 6) is 0.666. The first-order valence-electron chi connectivity index (χ1n) is 5.46. The Labute approximate surface area is 96.9 Å². The second-order valence-electron chi connectivity index (χ2n) is 4.47. The third-order valence-corrected chi connectivity index (χ3v) is 3.28. The zero-order valence-corrected chi connectivity index (χ0v) is 10.4. The topological polar surface area (TPSA) is 35.5 Å². The quantitative estimate of drug-likeness (QED) is 0.414. The van der Waals surface area contributed by atoms with Gasteiger partial charge in [0.25, 0.3) is 0 Å². The van der Waals surface area contributed by atoms with Crippen molar-refractivity contribution >= 4 is 18.6 Å². The van der Waals surface area contributed by atoms with Crippen molar-refractivity contribution in [3.05, 3.63) is 0 Å². The van der Waals surface area contributed by atoms with Gasteiger partial charge < -0.3 is 9.47 Å². The summed E-state index contributed by atoms with van der Waals surface area (Å²) in [7, 11) is 0. The molecule has 0 N–H and O–H groups in total. The second-order valence-corrected chi connectivity index (χ2v) is 4.79. The van der Waals surface area contributed by atoms with E-state index in [1.165, 1.54) is 0 Å². The summed E-state index contributed by atoms with van der Waals surface area (Å²) in [6.07, 6.45) is 2.91. The molecule has 1 fully saturated rings. The molecule has 88 valence electrons. The molecule has 0 aliphatic heterocycles. The minimum atomic E-state index is -0.117. The summed E-state index contributed by atoms with van der Waals surface area (Å²) in [6.45, 7) is 4.76. The number of carbonyl (C=O) groups is 1. The molecule has 0 aromatic carbocycles. The third kappa shape index (κ3) is 4.89. The van der Waals surface area contributed by atoms with Crippen LogP contribution in [0, 0.1) is 5.41 Å². The van der Waals surface area contributed by atoms with Crippen molar-refractivity contribution in [2.45, 2.75) is 39.2 Å². The van der Waals surface area contributed by atoms with E-state index in [1.807, 2.05) is 13.8 Å². The molecule has 0 bridgehead atoms. The second kappa shape index (κ2) is 5.75. The van der Waals surface area contributed by atoms with Gasteiger partial charge in [0.1, 0.15) is 6.61 Å². The van der Waals surface area contributed by atoms with Crippen molar-refractivity contribution in [1.29, 1.82) is 0 Å². The average Bonchev–Trinajstić information content (AvgIpc) is 2.93. The van der Waals surface area contributed by atoms with E-state index in [0.29, 0.717) is 19.6 Å². The van der Waals surface area contributed by atoms with Crippen LogP contribution in [0.5, 0.6) is 0 Å². The first-order valence-corrected chi connectivity index (χ1v) is 6.09. The Balaban J connectivity index is 2.04. The Bertz CT molecular complexity index is 212. The summed E-state index contributed by atoms with van der Waals surface area (Å²) < 4.78 is 10.3. The number of carbonyl (C=O) groups excluding carboxylic acids is 1. The molecule has 1 aliphatic rings. The standard InChI is InChI=1S/C11H20O3S/c1-9(2)13-5-6-14-10(12)7-11(8-15)3-4-11/h9,15H,3-8H2,1-2H3. The number of ether oxygens (including phenoxy) is 2. The van der Waals surface area contributed by atoms with Crippen molar-refractivity contribution in [3.63, 3.8) is 0 Å². The van der Waals surface area contributed by atoms with E-state index in [4.69, 9.17) is 9.47 Å². The van der Waals surface area contributed by atoms with E-state index < -0.39 is 0 Å². The van der Waals surface area contributed by atoms with E-state index >= 15 is 0 Å². The number of thiol groups is 1. The van der Waals surface area contributed by atoms with Crippen LogP contribution >= 0.6 is 12.6 Å². The molecule has 0 heterocycles. The van der Waals surface area contributed by atoms with Crippen molar-refractivity contribution < 1.29 is 14.3 Å². The van der Waals surface area contributed by atoms with Gasteiger partial charge in [-0.2, -0.15) is 12.6 Å². The fraction of sp³-hybridized carbons (Fsp3) is 0.909. The monoisotopic (exact) mass is 232 g/mol. The smallest absolute Gasteiger partial charge is 0.306 e. The fourth-order valence-electron chi connectivity index (χ4n) is 1.36. The lowest BCUT2D eigenvalue weighted by molar-refractivity contribution is -0.146. The molecular weight excluding hydrogens is 212 g/mol. The van der Waals surface area contributed by atoms with Crippen molar-refractivity contribution in [1.82, 2.24) is 0 Å². The summed E-state index contributed by atoms with van der Waals surface area (Å²) in [6, 6.07) is 0. The molecule has 4 heteroatoms.